The van der Waals surface area contributed by atoms with E-state index in [9.17, 15) is 62.3 Å². The molecule has 0 amide bonds. The summed E-state index contributed by atoms with van der Waals surface area (Å²) in [6.07, 6.45) is -19.4. The quantitative estimate of drug-likeness (QED) is 0.115. The van der Waals surface area contributed by atoms with E-state index in [1.807, 2.05) is 0 Å². The lowest BCUT2D eigenvalue weighted by Crippen LogP contribution is -2.21. The molecular formula is C38H24F12N2O4. The number of carbonyl (C=O) groups is 2. The van der Waals surface area contributed by atoms with Crippen molar-refractivity contribution in [3.05, 3.63) is 143 Å². The molecule has 5 aromatic carbocycles. The zero-order valence-electron chi connectivity index (χ0n) is 28.5. The standard InChI is InChI=1S/C38H24F12N2O4/c1-55-33(53)29-19-31(51(25-11-3-21(4-12-25)35(39,40)41)26-13-5-22(6-14-26)36(42,43)44)32(20-30(29)34(54)56-2)52(27-15-7-23(8-16-27)37(45,46)47)28-17-9-24(10-18-28)38(48,49)50/h3-20H,1-2H3. The SMILES string of the molecule is COC(=O)c1cc(N(c2ccc(C(F)(F)F)cc2)c2ccc(C(F)(F)F)cc2)c(N(c2ccc(C(F)(F)F)cc2)c2ccc(C(F)(F)F)cc2)cc1C(=O)OC. The predicted molar refractivity (Wildman–Crippen MR) is 178 cm³/mol. The van der Waals surface area contributed by atoms with Gasteiger partial charge in [0.1, 0.15) is 0 Å². The van der Waals surface area contributed by atoms with Crippen molar-refractivity contribution in [2.75, 3.05) is 24.0 Å². The Labute approximate surface area is 309 Å². The molecule has 0 N–H and O–H groups in total. The summed E-state index contributed by atoms with van der Waals surface area (Å²) in [4.78, 5) is 28.5. The zero-order chi connectivity index (χ0) is 41.4. The molecule has 0 aliphatic heterocycles. The van der Waals surface area contributed by atoms with Crippen molar-refractivity contribution in [3.8, 4) is 0 Å². The molecule has 0 atom stereocenters. The molecule has 0 saturated carbocycles. The van der Waals surface area contributed by atoms with Crippen LogP contribution >= 0.6 is 0 Å². The van der Waals surface area contributed by atoms with Crippen molar-refractivity contribution in [1.29, 1.82) is 0 Å². The highest BCUT2D eigenvalue weighted by atomic mass is 19.4. The molecule has 5 aromatic rings. The number of anilines is 6. The Hall–Kier alpha value is -6.20. The number of nitrogens with zero attached hydrogens (tertiary/aromatic N) is 2. The summed E-state index contributed by atoms with van der Waals surface area (Å²) in [5.74, 6) is -2.37. The number of rotatable bonds is 8. The van der Waals surface area contributed by atoms with Gasteiger partial charge < -0.3 is 19.3 Å². The Morgan fingerprint density at radius 2 is 0.589 bits per heavy atom. The molecule has 0 spiro atoms. The summed E-state index contributed by atoms with van der Waals surface area (Å²) >= 11 is 0. The van der Waals surface area contributed by atoms with Gasteiger partial charge in [-0.3, -0.25) is 0 Å². The van der Waals surface area contributed by atoms with Crippen LogP contribution in [0.2, 0.25) is 0 Å². The predicted octanol–water partition coefficient (Wildman–Crippen LogP) is 12.3. The van der Waals surface area contributed by atoms with Gasteiger partial charge in [-0.05, 0) is 109 Å². The molecule has 0 fully saturated rings. The molecule has 0 aliphatic rings. The first kappa shape index (κ1) is 41.0. The fourth-order valence-corrected chi connectivity index (χ4v) is 5.55. The minimum Gasteiger partial charge on any atom is -0.465 e. The van der Waals surface area contributed by atoms with E-state index in [1.165, 1.54) is 0 Å². The molecule has 0 aromatic heterocycles. The topological polar surface area (TPSA) is 59.1 Å². The molecule has 294 valence electrons. The van der Waals surface area contributed by atoms with Gasteiger partial charge in [0.05, 0.1) is 59.0 Å². The first-order chi connectivity index (χ1) is 26.0. The van der Waals surface area contributed by atoms with E-state index in [1.54, 1.807) is 0 Å². The fourth-order valence-electron chi connectivity index (χ4n) is 5.55. The molecule has 18 heteroatoms. The van der Waals surface area contributed by atoms with Gasteiger partial charge >= 0.3 is 36.6 Å². The van der Waals surface area contributed by atoms with E-state index >= 15 is 0 Å². The van der Waals surface area contributed by atoms with Gasteiger partial charge in [0.15, 0.2) is 0 Å². The van der Waals surface area contributed by atoms with E-state index in [0.717, 1.165) is 84.7 Å². The van der Waals surface area contributed by atoms with Crippen LogP contribution in [-0.2, 0) is 34.2 Å². The van der Waals surface area contributed by atoms with E-state index in [2.05, 4.69) is 0 Å². The third kappa shape index (κ3) is 8.68. The molecule has 0 unspecified atom stereocenters. The van der Waals surface area contributed by atoms with E-state index in [0.29, 0.717) is 48.5 Å². The average Bonchev–Trinajstić information content (AvgIpc) is 3.14. The number of carbonyl (C=O) groups excluding carboxylic acids is 2. The van der Waals surface area contributed by atoms with Gasteiger partial charge in [0.25, 0.3) is 0 Å². The van der Waals surface area contributed by atoms with Crippen LogP contribution in [0, 0.1) is 0 Å². The molecular weight excluding hydrogens is 776 g/mol. The molecule has 0 heterocycles. The first-order valence-corrected chi connectivity index (χ1v) is 15.7. The molecule has 0 aliphatic carbocycles. The fraction of sp³-hybridized carbons (Fsp3) is 0.158. The number of benzene rings is 5. The molecule has 6 nitrogen and oxygen atoms in total. The minimum absolute atomic E-state index is 0.194. The Morgan fingerprint density at radius 3 is 0.750 bits per heavy atom. The summed E-state index contributed by atoms with van der Waals surface area (Å²) in [7, 11) is 1.86. The van der Waals surface area contributed by atoms with Crippen LogP contribution in [0.4, 0.5) is 86.8 Å². The molecule has 0 radical (unpaired) electrons. The maximum atomic E-state index is 13.6. The Bertz CT molecular complexity index is 1920. The van der Waals surface area contributed by atoms with Crippen molar-refractivity contribution in [1.82, 2.24) is 0 Å². The summed E-state index contributed by atoms with van der Waals surface area (Å²) in [6.45, 7) is 0. The van der Waals surface area contributed by atoms with E-state index in [-0.39, 0.29) is 34.1 Å². The maximum Gasteiger partial charge on any atom is 0.416 e. The number of esters is 2. The van der Waals surface area contributed by atoms with Crippen molar-refractivity contribution in [2.24, 2.45) is 0 Å². The monoisotopic (exact) mass is 800 g/mol. The highest BCUT2D eigenvalue weighted by molar-refractivity contribution is 6.07. The average molecular weight is 801 g/mol. The number of halogens is 12. The Balaban J connectivity index is 1.93. The third-order valence-electron chi connectivity index (χ3n) is 8.22. The third-order valence-corrected chi connectivity index (χ3v) is 8.22. The summed E-state index contributed by atoms with van der Waals surface area (Å²) in [5, 5.41) is 0. The lowest BCUT2D eigenvalue weighted by molar-refractivity contribution is -0.138. The summed E-state index contributed by atoms with van der Waals surface area (Å²) in [6, 6.07) is 14.5. The highest BCUT2D eigenvalue weighted by Gasteiger charge is 2.35. The largest absolute Gasteiger partial charge is 0.465 e. The van der Waals surface area contributed by atoms with Crippen LogP contribution in [0.3, 0.4) is 0 Å². The number of methoxy groups -OCH3 is 2. The van der Waals surface area contributed by atoms with Gasteiger partial charge in [-0.25, -0.2) is 9.59 Å². The van der Waals surface area contributed by atoms with Crippen LogP contribution in [-0.4, -0.2) is 26.2 Å². The van der Waals surface area contributed by atoms with Gasteiger partial charge in [0.2, 0.25) is 0 Å². The second kappa shape index (κ2) is 15.1. The Kier molecular flexibility index (Phi) is 11.1. The van der Waals surface area contributed by atoms with Crippen LogP contribution in [0.25, 0.3) is 0 Å². The smallest absolute Gasteiger partial charge is 0.416 e. The van der Waals surface area contributed by atoms with Crippen LogP contribution < -0.4 is 9.80 Å². The van der Waals surface area contributed by atoms with Crippen molar-refractivity contribution >= 4 is 46.1 Å². The lowest BCUT2D eigenvalue weighted by atomic mass is 10.0. The lowest BCUT2D eigenvalue weighted by Gasteiger charge is -2.34. The first-order valence-electron chi connectivity index (χ1n) is 15.7. The second-order valence-corrected chi connectivity index (χ2v) is 11.7. The second-order valence-electron chi connectivity index (χ2n) is 11.7. The molecule has 56 heavy (non-hydrogen) atoms. The van der Waals surface area contributed by atoms with Crippen LogP contribution in [0.5, 0.6) is 0 Å². The maximum absolute atomic E-state index is 13.6. The number of hydrogen-bond donors (Lipinski definition) is 0. The summed E-state index contributed by atoms with van der Waals surface area (Å²) < 4.78 is 173. The normalized spacial score (nSPS) is 12.2. The number of ether oxygens (including phenoxy) is 2. The molecule has 0 saturated heterocycles. The van der Waals surface area contributed by atoms with E-state index < -0.39 is 70.0 Å². The van der Waals surface area contributed by atoms with Crippen molar-refractivity contribution in [2.45, 2.75) is 24.7 Å². The van der Waals surface area contributed by atoms with Crippen LogP contribution in [0.1, 0.15) is 43.0 Å². The minimum atomic E-state index is -4.84. The number of alkyl halides is 12. The van der Waals surface area contributed by atoms with Gasteiger partial charge in [0, 0.05) is 22.7 Å². The van der Waals surface area contributed by atoms with Crippen LogP contribution in [0.15, 0.2) is 109 Å². The van der Waals surface area contributed by atoms with Crippen molar-refractivity contribution in [3.63, 3.8) is 0 Å². The molecule has 0 bridgehead atoms. The summed E-state index contributed by atoms with van der Waals surface area (Å²) in [5.41, 5.74) is -7.11. The van der Waals surface area contributed by atoms with E-state index in [4.69, 9.17) is 9.47 Å². The van der Waals surface area contributed by atoms with Gasteiger partial charge in [-0.1, -0.05) is 0 Å². The van der Waals surface area contributed by atoms with Gasteiger partial charge in [-0.15, -0.1) is 0 Å². The highest BCUT2D eigenvalue weighted by Crippen LogP contribution is 2.48. The Morgan fingerprint density at radius 1 is 0.393 bits per heavy atom. The van der Waals surface area contributed by atoms with Gasteiger partial charge in [-0.2, -0.15) is 52.7 Å². The number of hydrogen-bond acceptors (Lipinski definition) is 6. The molecule has 5 rings (SSSR count). The van der Waals surface area contributed by atoms with Crippen molar-refractivity contribution < 1.29 is 71.7 Å². The zero-order valence-corrected chi connectivity index (χ0v) is 28.5.